The van der Waals surface area contributed by atoms with Crippen LogP contribution >= 0.6 is 11.8 Å². The predicted octanol–water partition coefficient (Wildman–Crippen LogP) is 3.08. The molecular formula is C15H17FO3S. The molecular weight excluding hydrogens is 279 g/mol. The van der Waals surface area contributed by atoms with Crippen LogP contribution in [0.4, 0.5) is 4.39 Å². The highest BCUT2D eigenvalue weighted by Gasteiger charge is 2.44. The second kappa shape index (κ2) is 6.39. The van der Waals surface area contributed by atoms with E-state index in [-0.39, 0.29) is 17.2 Å². The van der Waals surface area contributed by atoms with E-state index in [1.165, 1.54) is 37.1 Å². The fourth-order valence-electron chi connectivity index (χ4n) is 2.03. The van der Waals surface area contributed by atoms with Crippen molar-refractivity contribution < 1.29 is 18.7 Å². The quantitative estimate of drug-likeness (QED) is 0.573. The second-order valence-electron chi connectivity index (χ2n) is 5.18. The second-order valence-corrected chi connectivity index (χ2v) is 6.16. The Labute approximate surface area is 121 Å². The zero-order chi connectivity index (χ0) is 14.6. The number of rotatable bonds is 7. The van der Waals surface area contributed by atoms with Gasteiger partial charge < -0.3 is 4.74 Å². The van der Waals surface area contributed by atoms with E-state index in [1.807, 2.05) is 0 Å². The van der Waals surface area contributed by atoms with Gasteiger partial charge in [0.1, 0.15) is 5.82 Å². The third-order valence-electron chi connectivity index (χ3n) is 3.49. The van der Waals surface area contributed by atoms with Crippen molar-refractivity contribution in [3.05, 3.63) is 35.6 Å². The lowest BCUT2D eigenvalue weighted by molar-refractivity contribution is -0.141. The summed E-state index contributed by atoms with van der Waals surface area (Å²) in [6, 6.07) is 5.73. The molecule has 0 aromatic heterocycles. The first-order valence-electron chi connectivity index (χ1n) is 6.48. The number of methoxy groups -OCH3 is 1. The Bertz CT molecular complexity index is 512. The van der Waals surface area contributed by atoms with Gasteiger partial charge in [-0.3, -0.25) is 9.59 Å². The maximum atomic E-state index is 13.0. The molecule has 0 atom stereocenters. The van der Waals surface area contributed by atoms with E-state index in [4.69, 9.17) is 0 Å². The SMILES string of the molecule is COC(=O)CC1(CSCC(=O)c2cccc(F)c2)CC1. The Morgan fingerprint density at radius 3 is 2.75 bits per heavy atom. The van der Waals surface area contributed by atoms with Gasteiger partial charge in [-0.1, -0.05) is 12.1 Å². The van der Waals surface area contributed by atoms with Gasteiger partial charge in [0.05, 0.1) is 19.3 Å². The van der Waals surface area contributed by atoms with E-state index < -0.39 is 5.82 Å². The molecule has 1 saturated carbocycles. The van der Waals surface area contributed by atoms with Gasteiger partial charge in [0.25, 0.3) is 0 Å². The van der Waals surface area contributed by atoms with Gasteiger partial charge in [-0.05, 0) is 36.1 Å². The Hall–Kier alpha value is -1.36. The fourth-order valence-corrected chi connectivity index (χ4v) is 3.31. The first-order valence-corrected chi connectivity index (χ1v) is 7.63. The molecule has 0 heterocycles. The molecule has 20 heavy (non-hydrogen) atoms. The minimum Gasteiger partial charge on any atom is -0.469 e. The lowest BCUT2D eigenvalue weighted by atomic mass is 10.1. The largest absolute Gasteiger partial charge is 0.469 e. The number of carbonyl (C=O) groups excluding carboxylic acids is 2. The smallest absolute Gasteiger partial charge is 0.306 e. The van der Waals surface area contributed by atoms with Crippen LogP contribution in [0, 0.1) is 11.2 Å². The number of halogens is 1. The molecule has 0 amide bonds. The van der Waals surface area contributed by atoms with Crippen molar-refractivity contribution in [3.63, 3.8) is 0 Å². The predicted molar refractivity (Wildman–Crippen MR) is 76.4 cm³/mol. The third kappa shape index (κ3) is 4.07. The summed E-state index contributed by atoms with van der Waals surface area (Å²) in [7, 11) is 1.39. The summed E-state index contributed by atoms with van der Waals surface area (Å²) < 4.78 is 17.7. The van der Waals surface area contributed by atoms with Crippen molar-refractivity contribution >= 4 is 23.5 Å². The molecule has 2 rings (SSSR count). The summed E-state index contributed by atoms with van der Waals surface area (Å²) >= 11 is 1.50. The fraction of sp³-hybridized carbons (Fsp3) is 0.467. The lowest BCUT2D eigenvalue weighted by Gasteiger charge is -2.12. The molecule has 108 valence electrons. The topological polar surface area (TPSA) is 43.4 Å². The van der Waals surface area contributed by atoms with Crippen LogP contribution in [0.5, 0.6) is 0 Å². The minimum absolute atomic E-state index is 0.0139. The molecule has 0 aliphatic heterocycles. The number of Topliss-reactive ketones (excluding diaryl/α,β-unsaturated/α-hetero) is 1. The number of esters is 1. The molecule has 1 aliphatic carbocycles. The molecule has 0 radical (unpaired) electrons. The van der Waals surface area contributed by atoms with Crippen molar-refractivity contribution in [3.8, 4) is 0 Å². The number of benzene rings is 1. The molecule has 1 aromatic rings. The Balaban J connectivity index is 1.79. The van der Waals surface area contributed by atoms with Crippen molar-refractivity contribution in [1.29, 1.82) is 0 Å². The Morgan fingerprint density at radius 2 is 2.15 bits per heavy atom. The van der Waals surface area contributed by atoms with Crippen LogP contribution in [0.1, 0.15) is 29.6 Å². The van der Waals surface area contributed by atoms with Gasteiger partial charge in [-0.2, -0.15) is 11.8 Å². The van der Waals surface area contributed by atoms with E-state index in [2.05, 4.69) is 4.74 Å². The van der Waals surface area contributed by atoms with Crippen LogP contribution in [0.15, 0.2) is 24.3 Å². The number of hydrogen-bond acceptors (Lipinski definition) is 4. The van der Waals surface area contributed by atoms with E-state index in [9.17, 15) is 14.0 Å². The third-order valence-corrected chi connectivity index (χ3v) is 4.77. The first-order chi connectivity index (χ1) is 9.54. The number of ketones is 1. The van der Waals surface area contributed by atoms with Crippen molar-refractivity contribution in [1.82, 2.24) is 0 Å². The van der Waals surface area contributed by atoms with E-state index in [0.29, 0.717) is 17.7 Å². The molecule has 0 unspecified atom stereocenters. The number of thioether (sulfide) groups is 1. The monoisotopic (exact) mass is 296 g/mol. The minimum atomic E-state index is -0.398. The highest BCUT2D eigenvalue weighted by molar-refractivity contribution is 8.00. The zero-order valence-corrected chi connectivity index (χ0v) is 12.2. The van der Waals surface area contributed by atoms with Gasteiger partial charge in [-0.15, -0.1) is 0 Å². The van der Waals surface area contributed by atoms with Gasteiger partial charge in [0, 0.05) is 5.56 Å². The average molecular weight is 296 g/mol. The average Bonchev–Trinajstić information content (AvgIpc) is 3.18. The van der Waals surface area contributed by atoms with Crippen molar-refractivity contribution in [2.24, 2.45) is 5.41 Å². The maximum absolute atomic E-state index is 13.0. The van der Waals surface area contributed by atoms with Gasteiger partial charge in [0.2, 0.25) is 0 Å². The van der Waals surface area contributed by atoms with Crippen LogP contribution < -0.4 is 0 Å². The highest BCUT2D eigenvalue weighted by Crippen LogP contribution is 2.51. The van der Waals surface area contributed by atoms with Gasteiger partial charge in [-0.25, -0.2) is 4.39 Å². The molecule has 0 N–H and O–H groups in total. The summed E-state index contributed by atoms with van der Waals surface area (Å²) in [5, 5.41) is 0. The van der Waals surface area contributed by atoms with Crippen molar-refractivity contribution in [2.75, 3.05) is 18.6 Å². The standard InChI is InChI=1S/C15H17FO3S/c1-19-14(18)8-15(5-6-15)10-20-9-13(17)11-3-2-4-12(16)7-11/h2-4,7H,5-6,8-10H2,1H3. The molecule has 1 aliphatic rings. The Morgan fingerprint density at radius 1 is 1.40 bits per heavy atom. The summed E-state index contributed by atoms with van der Waals surface area (Å²) in [4.78, 5) is 23.2. The Kier molecular flexibility index (Phi) is 4.81. The molecule has 3 nitrogen and oxygen atoms in total. The molecule has 1 aromatic carbocycles. The normalized spacial score (nSPS) is 15.7. The van der Waals surface area contributed by atoms with Gasteiger partial charge >= 0.3 is 5.97 Å². The van der Waals surface area contributed by atoms with E-state index in [1.54, 1.807) is 6.07 Å². The van der Waals surface area contributed by atoms with Gasteiger partial charge in [0.15, 0.2) is 5.78 Å². The number of ether oxygens (including phenoxy) is 1. The molecule has 0 spiro atoms. The molecule has 1 fully saturated rings. The first kappa shape index (κ1) is 15.0. The summed E-state index contributed by atoms with van der Waals surface area (Å²) in [5.41, 5.74) is 0.412. The van der Waals surface area contributed by atoms with Crippen LogP contribution in [-0.2, 0) is 9.53 Å². The van der Waals surface area contributed by atoms with Crippen LogP contribution in [-0.4, -0.2) is 30.4 Å². The molecule has 5 heteroatoms. The van der Waals surface area contributed by atoms with Crippen LogP contribution in [0.25, 0.3) is 0 Å². The summed E-state index contributed by atoms with van der Waals surface area (Å²) in [5.74, 6) is 0.406. The highest BCUT2D eigenvalue weighted by atomic mass is 32.2. The van der Waals surface area contributed by atoms with Crippen LogP contribution in [0.2, 0.25) is 0 Å². The van der Waals surface area contributed by atoms with E-state index >= 15 is 0 Å². The van der Waals surface area contributed by atoms with Crippen molar-refractivity contribution in [2.45, 2.75) is 19.3 Å². The zero-order valence-electron chi connectivity index (χ0n) is 11.4. The summed E-state index contributed by atoms with van der Waals surface area (Å²) in [6.45, 7) is 0. The summed E-state index contributed by atoms with van der Waals surface area (Å²) in [6.07, 6.45) is 2.43. The molecule has 0 bridgehead atoms. The van der Waals surface area contributed by atoms with E-state index in [0.717, 1.165) is 18.6 Å². The molecule has 0 saturated heterocycles. The maximum Gasteiger partial charge on any atom is 0.306 e. The number of carbonyl (C=O) groups is 2. The van der Waals surface area contributed by atoms with Crippen LogP contribution in [0.3, 0.4) is 0 Å². The number of hydrogen-bond donors (Lipinski definition) is 0. The lowest BCUT2D eigenvalue weighted by Crippen LogP contribution is -2.14.